The fraction of sp³-hybridized carbons (Fsp3) is 0.0588. The summed E-state index contributed by atoms with van der Waals surface area (Å²) in [4.78, 5) is 35.5. The highest BCUT2D eigenvalue weighted by Gasteiger charge is 2.34. The van der Waals surface area contributed by atoms with E-state index in [1.165, 1.54) is 42.5 Å². The molecule has 1 fully saturated rings. The molecule has 0 radical (unpaired) electrons. The first-order valence-corrected chi connectivity index (χ1v) is 7.28. The highest BCUT2D eigenvalue weighted by atomic mass is 19.1. The number of rotatable bonds is 4. The maximum absolute atomic E-state index is 13.7. The molecule has 3 amide bonds. The third-order valence-electron chi connectivity index (χ3n) is 3.64. The van der Waals surface area contributed by atoms with E-state index in [1.54, 1.807) is 12.1 Å². The fourth-order valence-electron chi connectivity index (χ4n) is 2.41. The van der Waals surface area contributed by atoms with Crippen LogP contribution in [-0.2, 0) is 11.3 Å². The van der Waals surface area contributed by atoms with E-state index in [4.69, 9.17) is 0 Å². The average Bonchev–Trinajstić information content (AvgIpc) is 2.84. The summed E-state index contributed by atoms with van der Waals surface area (Å²) in [6.45, 7) is -0.205. The summed E-state index contributed by atoms with van der Waals surface area (Å²) >= 11 is 0. The van der Waals surface area contributed by atoms with E-state index in [2.05, 4.69) is 5.32 Å². The Labute approximate surface area is 141 Å². The van der Waals surface area contributed by atoms with Crippen LogP contribution < -0.4 is 5.32 Å². The molecule has 1 heterocycles. The molecule has 0 aliphatic carbocycles. The SMILES string of the molecule is O=C1NC(=Cc2cccc([N+](=O)[O-])c2)C(=O)N1Cc1ccccc1F. The molecule has 2 aromatic rings. The molecule has 1 saturated heterocycles. The Kier molecular flexibility index (Phi) is 4.25. The van der Waals surface area contributed by atoms with Crippen molar-refractivity contribution in [2.75, 3.05) is 0 Å². The zero-order valence-electron chi connectivity index (χ0n) is 12.8. The van der Waals surface area contributed by atoms with Gasteiger partial charge in [0.25, 0.3) is 11.6 Å². The first kappa shape index (κ1) is 16.3. The number of imide groups is 1. The van der Waals surface area contributed by atoms with E-state index in [1.807, 2.05) is 0 Å². The van der Waals surface area contributed by atoms with Crippen LogP contribution in [0.5, 0.6) is 0 Å². The molecule has 1 N–H and O–H groups in total. The van der Waals surface area contributed by atoms with Crippen LogP contribution in [0.25, 0.3) is 6.08 Å². The van der Waals surface area contributed by atoms with E-state index in [-0.39, 0.29) is 23.5 Å². The van der Waals surface area contributed by atoms with Gasteiger partial charge in [0, 0.05) is 17.7 Å². The third kappa shape index (κ3) is 3.37. The number of halogens is 1. The molecular formula is C17H12FN3O4. The Morgan fingerprint density at radius 2 is 1.92 bits per heavy atom. The second-order valence-electron chi connectivity index (χ2n) is 5.32. The van der Waals surface area contributed by atoms with Crippen LogP contribution in [0.3, 0.4) is 0 Å². The molecule has 3 rings (SSSR count). The van der Waals surface area contributed by atoms with Gasteiger partial charge in [-0.25, -0.2) is 9.18 Å². The molecule has 1 aliphatic rings. The second kappa shape index (κ2) is 6.52. The molecule has 0 bridgehead atoms. The summed E-state index contributed by atoms with van der Waals surface area (Å²) in [5.74, 6) is -1.14. The van der Waals surface area contributed by atoms with Gasteiger partial charge in [0.05, 0.1) is 11.5 Å². The smallest absolute Gasteiger partial charge is 0.303 e. The minimum absolute atomic E-state index is 0.0261. The minimum atomic E-state index is -0.676. The van der Waals surface area contributed by atoms with Crippen LogP contribution >= 0.6 is 0 Å². The molecule has 2 aromatic carbocycles. The number of nitro groups is 1. The number of carbonyl (C=O) groups is 2. The number of amides is 3. The highest BCUT2D eigenvalue weighted by Crippen LogP contribution is 2.20. The summed E-state index contributed by atoms with van der Waals surface area (Å²) in [6, 6.07) is 10.8. The van der Waals surface area contributed by atoms with E-state index in [0.717, 1.165) is 4.90 Å². The predicted octanol–water partition coefficient (Wildman–Crippen LogP) is 2.83. The maximum Gasteiger partial charge on any atom is 0.329 e. The van der Waals surface area contributed by atoms with Gasteiger partial charge in [0.1, 0.15) is 11.5 Å². The van der Waals surface area contributed by atoms with Gasteiger partial charge in [-0.05, 0) is 17.7 Å². The van der Waals surface area contributed by atoms with Crippen LogP contribution in [-0.4, -0.2) is 21.8 Å². The molecule has 25 heavy (non-hydrogen) atoms. The summed E-state index contributed by atoms with van der Waals surface area (Å²) < 4.78 is 13.7. The summed E-state index contributed by atoms with van der Waals surface area (Å²) in [5.41, 5.74) is 0.448. The van der Waals surface area contributed by atoms with Gasteiger partial charge in [-0.3, -0.25) is 19.8 Å². The van der Waals surface area contributed by atoms with E-state index < -0.39 is 22.7 Å². The number of nitro benzene ring substituents is 1. The molecular weight excluding hydrogens is 329 g/mol. The van der Waals surface area contributed by atoms with Crippen molar-refractivity contribution >= 4 is 23.7 Å². The van der Waals surface area contributed by atoms with Crippen molar-refractivity contribution in [3.63, 3.8) is 0 Å². The van der Waals surface area contributed by atoms with Crippen LogP contribution in [0.1, 0.15) is 11.1 Å². The molecule has 126 valence electrons. The molecule has 0 saturated carbocycles. The number of benzene rings is 2. The van der Waals surface area contributed by atoms with Crippen LogP contribution in [0.2, 0.25) is 0 Å². The molecule has 1 aliphatic heterocycles. The van der Waals surface area contributed by atoms with Gasteiger partial charge in [-0.2, -0.15) is 0 Å². The van der Waals surface area contributed by atoms with Crippen LogP contribution in [0.15, 0.2) is 54.2 Å². The van der Waals surface area contributed by atoms with E-state index in [9.17, 15) is 24.1 Å². The summed E-state index contributed by atoms with van der Waals surface area (Å²) in [7, 11) is 0. The van der Waals surface area contributed by atoms with Crippen LogP contribution in [0.4, 0.5) is 14.9 Å². The molecule has 0 spiro atoms. The zero-order valence-corrected chi connectivity index (χ0v) is 12.8. The maximum atomic E-state index is 13.7. The quantitative estimate of drug-likeness (QED) is 0.400. The Balaban J connectivity index is 1.85. The lowest BCUT2D eigenvalue weighted by molar-refractivity contribution is -0.384. The Morgan fingerprint density at radius 1 is 1.16 bits per heavy atom. The van der Waals surface area contributed by atoms with Gasteiger partial charge >= 0.3 is 6.03 Å². The first-order valence-electron chi connectivity index (χ1n) is 7.28. The van der Waals surface area contributed by atoms with E-state index >= 15 is 0 Å². The lowest BCUT2D eigenvalue weighted by Crippen LogP contribution is -2.30. The minimum Gasteiger partial charge on any atom is -0.303 e. The van der Waals surface area contributed by atoms with Crippen molar-refractivity contribution in [2.45, 2.75) is 6.54 Å². The second-order valence-corrected chi connectivity index (χ2v) is 5.32. The molecule has 7 nitrogen and oxygen atoms in total. The Hall–Kier alpha value is -3.55. The van der Waals surface area contributed by atoms with Gasteiger partial charge in [-0.15, -0.1) is 0 Å². The van der Waals surface area contributed by atoms with Gasteiger partial charge in [-0.1, -0.05) is 30.3 Å². The molecule has 0 atom stereocenters. The predicted molar refractivity (Wildman–Crippen MR) is 86.6 cm³/mol. The normalized spacial score (nSPS) is 15.6. The van der Waals surface area contributed by atoms with Gasteiger partial charge in [0.2, 0.25) is 0 Å². The van der Waals surface area contributed by atoms with Crippen molar-refractivity contribution in [1.82, 2.24) is 10.2 Å². The third-order valence-corrected chi connectivity index (χ3v) is 3.64. The lowest BCUT2D eigenvalue weighted by Gasteiger charge is -2.12. The zero-order chi connectivity index (χ0) is 18.0. The van der Waals surface area contributed by atoms with Crippen molar-refractivity contribution in [3.8, 4) is 0 Å². The van der Waals surface area contributed by atoms with Crippen molar-refractivity contribution in [3.05, 3.63) is 81.3 Å². The number of urea groups is 1. The number of nitrogens with zero attached hydrogens (tertiary/aromatic N) is 2. The van der Waals surface area contributed by atoms with Crippen molar-refractivity contribution in [1.29, 1.82) is 0 Å². The summed E-state index contributed by atoms with van der Waals surface area (Å²) in [5, 5.41) is 13.2. The number of non-ortho nitro benzene ring substituents is 1. The van der Waals surface area contributed by atoms with Gasteiger partial charge in [0.15, 0.2) is 0 Å². The molecule has 0 unspecified atom stereocenters. The average molecular weight is 341 g/mol. The largest absolute Gasteiger partial charge is 0.329 e. The van der Waals surface area contributed by atoms with Crippen molar-refractivity contribution in [2.24, 2.45) is 0 Å². The molecule has 0 aromatic heterocycles. The topological polar surface area (TPSA) is 92.5 Å². The Morgan fingerprint density at radius 3 is 2.64 bits per heavy atom. The van der Waals surface area contributed by atoms with Crippen molar-refractivity contribution < 1.29 is 18.9 Å². The number of hydrogen-bond acceptors (Lipinski definition) is 4. The fourth-order valence-corrected chi connectivity index (χ4v) is 2.41. The lowest BCUT2D eigenvalue weighted by atomic mass is 10.1. The number of nitrogens with one attached hydrogen (secondary N) is 1. The summed E-state index contributed by atoms with van der Waals surface area (Å²) in [6.07, 6.45) is 1.34. The van der Waals surface area contributed by atoms with Gasteiger partial charge < -0.3 is 5.32 Å². The number of hydrogen-bond donors (Lipinski definition) is 1. The van der Waals surface area contributed by atoms with Crippen LogP contribution in [0, 0.1) is 15.9 Å². The standard InChI is InChI=1S/C17H12FN3O4/c18-14-7-2-1-5-12(14)10-20-16(22)15(19-17(20)23)9-11-4-3-6-13(8-11)21(24)25/h1-9H,10H2,(H,19,23). The molecule has 8 heteroatoms. The first-order chi connectivity index (χ1) is 12.0. The number of carbonyl (C=O) groups excluding carboxylic acids is 2. The highest BCUT2D eigenvalue weighted by molar-refractivity contribution is 6.13. The monoisotopic (exact) mass is 341 g/mol. The Bertz CT molecular complexity index is 910. The van der Waals surface area contributed by atoms with E-state index in [0.29, 0.717) is 5.56 Å².